The number of fused-ring (bicyclic) bond motifs is 1. The molecule has 1 aliphatic heterocycles. The number of nitrogens with zero attached hydrogens (tertiary/aromatic N) is 2. The Balaban J connectivity index is 1.34. The van der Waals surface area contributed by atoms with Crippen LogP contribution in [0.15, 0.2) is 91.0 Å². The lowest BCUT2D eigenvalue weighted by molar-refractivity contribution is -0.136. The monoisotopic (exact) mass is 581 g/mol. The molecule has 0 spiro atoms. The first-order valence-electron chi connectivity index (χ1n) is 14.3. The molecular formula is C34H36ClN5O2. The Kier molecular flexibility index (Phi) is 9.08. The molecule has 4 aromatic carbocycles. The van der Waals surface area contributed by atoms with Gasteiger partial charge in [0.2, 0.25) is 5.91 Å². The van der Waals surface area contributed by atoms with Gasteiger partial charge in [-0.15, -0.1) is 0 Å². The molecule has 0 radical (unpaired) electrons. The highest BCUT2D eigenvalue weighted by atomic mass is 35.5. The van der Waals surface area contributed by atoms with Gasteiger partial charge in [0.25, 0.3) is 5.91 Å². The fourth-order valence-corrected chi connectivity index (χ4v) is 5.83. The number of hydrogen-bond acceptors (Lipinski definition) is 3. The van der Waals surface area contributed by atoms with Crippen molar-refractivity contribution >= 4 is 40.1 Å². The smallest absolute Gasteiger partial charge is 0.254 e. The van der Waals surface area contributed by atoms with Gasteiger partial charge in [-0.2, -0.15) is 0 Å². The Morgan fingerprint density at radius 2 is 1.67 bits per heavy atom. The molecule has 4 N–H and O–H groups in total. The van der Waals surface area contributed by atoms with Crippen LogP contribution in [0.5, 0.6) is 0 Å². The van der Waals surface area contributed by atoms with Crippen molar-refractivity contribution < 1.29 is 9.59 Å². The molecule has 1 fully saturated rings. The Bertz CT molecular complexity index is 1590. The van der Waals surface area contributed by atoms with Crippen molar-refractivity contribution in [3.63, 3.8) is 0 Å². The molecule has 0 aliphatic carbocycles. The number of rotatable bonds is 8. The summed E-state index contributed by atoms with van der Waals surface area (Å²) in [6, 6.07) is 29.2. The maximum atomic E-state index is 14.0. The van der Waals surface area contributed by atoms with E-state index in [-0.39, 0.29) is 29.9 Å². The molecule has 2 atom stereocenters. The molecule has 0 bridgehead atoms. The van der Waals surface area contributed by atoms with Crippen molar-refractivity contribution in [3.8, 4) is 11.1 Å². The van der Waals surface area contributed by atoms with E-state index >= 15 is 0 Å². The van der Waals surface area contributed by atoms with Crippen molar-refractivity contribution in [1.82, 2.24) is 15.1 Å². The van der Waals surface area contributed by atoms with Gasteiger partial charge in [0.05, 0.1) is 6.42 Å². The molecule has 5 rings (SSSR count). The minimum atomic E-state index is -0.165. The lowest BCUT2D eigenvalue weighted by Crippen LogP contribution is -2.60. The second kappa shape index (κ2) is 13.1. The third-order valence-corrected chi connectivity index (χ3v) is 8.16. The normalized spacial score (nSPS) is 16.8. The summed E-state index contributed by atoms with van der Waals surface area (Å²) >= 11 is 6.07. The van der Waals surface area contributed by atoms with Gasteiger partial charge in [0.15, 0.2) is 5.96 Å². The van der Waals surface area contributed by atoms with Crippen LogP contribution in [0.4, 0.5) is 0 Å². The minimum absolute atomic E-state index is 0.0520. The molecule has 8 heteroatoms. The first kappa shape index (κ1) is 29.1. The summed E-state index contributed by atoms with van der Waals surface area (Å²) in [4.78, 5) is 31.4. The minimum Gasteiger partial charge on any atom is -0.370 e. The van der Waals surface area contributed by atoms with Crippen LogP contribution in [0, 0.1) is 5.41 Å². The number of hydrogen-bond donors (Lipinski definition) is 3. The quantitative estimate of drug-likeness (QED) is 0.141. The van der Waals surface area contributed by atoms with Gasteiger partial charge in [-0.1, -0.05) is 78.3 Å². The van der Waals surface area contributed by atoms with Crippen molar-refractivity contribution in [2.24, 2.45) is 5.73 Å². The van der Waals surface area contributed by atoms with E-state index in [1.807, 2.05) is 83.5 Å². The van der Waals surface area contributed by atoms with Gasteiger partial charge in [-0.3, -0.25) is 15.0 Å². The van der Waals surface area contributed by atoms with Crippen LogP contribution >= 0.6 is 11.6 Å². The van der Waals surface area contributed by atoms with Crippen molar-refractivity contribution in [2.75, 3.05) is 19.6 Å². The van der Waals surface area contributed by atoms with Crippen molar-refractivity contribution in [3.05, 3.63) is 107 Å². The van der Waals surface area contributed by atoms with Crippen LogP contribution in [0.2, 0.25) is 5.02 Å². The number of nitrogens with one attached hydrogen (secondary N) is 2. The number of carbonyl (C=O) groups is 2. The van der Waals surface area contributed by atoms with Gasteiger partial charge in [0.1, 0.15) is 0 Å². The maximum absolute atomic E-state index is 14.0. The largest absolute Gasteiger partial charge is 0.370 e. The number of guanidine groups is 1. The van der Waals surface area contributed by atoms with Crippen molar-refractivity contribution in [2.45, 2.75) is 38.3 Å². The number of carbonyl (C=O) groups excluding carboxylic acids is 2. The highest BCUT2D eigenvalue weighted by molar-refractivity contribution is 6.30. The number of piperazine rings is 1. The molecular weight excluding hydrogens is 546 g/mol. The third-order valence-electron chi connectivity index (χ3n) is 7.91. The van der Waals surface area contributed by atoms with E-state index in [0.717, 1.165) is 27.5 Å². The van der Waals surface area contributed by atoms with Crippen molar-refractivity contribution in [1.29, 1.82) is 5.41 Å². The summed E-state index contributed by atoms with van der Waals surface area (Å²) in [5.41, 5.74) is 8.98. The van der Waals surface area contributed by atoms with Crippen LogP contribution in [-0.4, -0.2) is 59.3 Å². The molecule has 0 saturated carbocycles. The zero-order chi connectivity index (χ0) is 29.6. The Morgan fingerprint density at radius 1 is 0.905 bits per heavy atom. The number of nitrogens with two attached hydrogens (primary N) is 1. The molecule has 7 nitrogen and oxygen atoms in total. The molecule has 1 heterocycles. The van der Waals surface area contributed by atoms with Gasteiger partial charge < -0.3 is 20.9 Å². The van der Waals surface area contributed by atoms with E-state index in [0.29, 0.717) is 49.5 Å². The lowest BCUT2D eigenvalue weighted by Gasteiger charge is -2.45. The van der Waals surface area contributed by atoms with Gasteiger partial charge in [-0.25, -0.2) is 0 Å². The molecule has 4 aromatic rings. The van der Waals surface area contributed by atoms with E-state index in [1.54, 1.807) is 0 Å². The van der Waals surface area contributed by atoms with E-state index in [4.69, 9.17) is 22.7 Å². The zero-order valence-corrected chi connectivity index (χ0v) is 24.5. The van der Waals surface area contributed by atoms with Crippen LogP contribution in [0.25, 0.3) is 21.9 Å². The third kappa shape index (κ3) is 6.92. The highest BCUT2D eigenvalue weighted by Crippen LogP contribution is 2.26. The summed E-state index contributed by atoms with van der Waals surface area (Å²) < 4.78 is 0. The summed E-state index contributed by atoms with van der Waals surface area (Å²) in [7, 11) is 0. The number of benzene rings is 4. The van der Waals surface area contributed by atoms with Crippen LogP contribution in [-0.2, 0) is 11.2 Å². The Labute approximate surface area is 251 Å². The first-order chi connectivity index (χ1) is 20.3. The molecule has 42 heavy (non-hydrogen) atoms. The molecule has 0 aromatic heterocycles. The summed E-state index contributed by atoms with van der Waals surface area (Å²) in [6.07, 6.45) is 1.69. The average Bonchev–Trinajstić information content (AvgIpc) is 2.99. The first-order valence-corrected chi connectivity index (χ1v) is 14.7. The zero-order valence-electron chi connectivity index (χ0n) is 23.7. The van der Waals surface area contributed by atoms with Gasteiger partial charge in [0, 0.05) is 42.3 Å². The molecule has 216 valence electrons. The number of amides is 2. The second-order valence-electron chi connectivity index (χ2n) is 10.9. The fraction of sp³-hybridized carbons (Fsp3) is 0.265. The fourth-order valence-electron chi connectivity index (χ4n) is 5.71. The molecule has 2 amide bonds. The Hall–Kier alpha value is -4.36. The van der Waals surface area contributed by atoms with Crippen LogP contribution < -0.4 is 11.1 Å². The highest BCUT2D eigenvalue weighted by Gasteiger charge is 2.36. The van der Waals surface area contributed by atoms with Gasteiger partial charge in [-0.05, 0) is 71.5 Å². The van der Waals surface area contributed by atoms with Crippen LogP contribution in [0.3, 0.4) is 0 Å². The summed E-state index contributed by atoms with van der Waals surface area (Å²) in [5.74, 6) is -0.0725. The standard InChI is InChI=1S/C34H36ClN5O2/c1-23-21-40(33(42)29-9-4-8-28(20-29)26-13-15-30(35)16-14-26)31(10-5-17-38-34(36)37)22-39(23)32(41)19-24-11-12-25-6-2-3-7-27(25)18-24/h2-4,6-9,11-16,18,20,23,31H,5,10,17,19,21-22H2,1H3,(H4,36,37,38). The number of halogens is 1. The van der Waals surface area contributed by atoms with E-state index in [1.165, 1.54) is 0 Å². The second-order valence-corrected chi connectivity index (χ2v) is 11.4. The van der Waals surface area contributed by atoms with E-state index in [9.17, 15) is 9.59 Å². The lowest BCUT2D eigenvalue weighted by atomic mass is 9.98. The van der Waals surface area contributed by atoms with Crippen LogP contribution in [0.1, 0.15) is 35.7 Å². The summed E-state index contributed by atoms with van der Waals surface area (Å²) in [6.45, 7) is 3.44. The molecule has 2 unspecified atom stereocenters. The summed E-state index contributed by atoms with van der Waals surface area (Å²) in [5, 5.41) is 13.2. The van der Waals surface area contributed by atoms with Gasteiger partial charge >= 0.3 is 0 Å². The Morgan fingerprint density at radius 3 is 2.43 bits per heavy atom. The predicted octanol–water partition coefficient (Wildman–Crippen LogP) is 5.71. The molecule has 1 saturated heterocycles. The van der Waals surface area contributed by atoms with E-state index < -0.39 is 0 Å². The predicted molar refractivity (Wildman–Crippen MR) is 170 cm³/mol. The molecule has 1 aliphatic rings. The van der Waals surface area contributed by atoms with E-state index in [2.05, 4.69) is 29.6 Å². The maximum Gasteiger partial charge on any atom is 0.254 e. The SMILES string of the molecule is CC1CN(C(=O)c2cccc(-c3ccc(Cl)cc3)c2)C(CCCNC(=N)N)CN1C(=O)Cc1ccc2ccccc2c1. The topological polar surface area (TPSA) is 103 Å². The average molecular weight is 582 g/mol.